The summed E-state index contributed by atoms with van der Waals surface area (Å²) in [5.74, 6) is -2.60. The predicted octanol–water partition coefficient (Wildman–Crippen LogP) is 1.64. The van der Waals surface area contributed by atoms with E-state index in [0.29, 0.717) is 5.69 Å². The zero-order valence-corrected chi connectivity index (χ0v) is 11.8. The third kappa shape index (κ3) is 2.73. The van der Waals surface area contributed by atoms with Gasteiger partial charge in [-0.15, -0.1) is 0 Å². The highest BCUT2D eigenvalue weighted by atomic mass is 16.4. The molecule has 0 bridgehead atoms. The fraction of sp³-hybridized carbons (Fsp3) is 0.200. The van der Waals surface area contributed by atoms with Gasteiger partial charge in [0.1, 0.15) is 11.6 Å². The Hall–Kier alpha value is -2.96. The van der Waals surface area contributed by atoms with Crippen molar-refractivity contribution < 1.29 is 19.8 Å². The molecule has 0 fully saturated rings. The van der Waals surface area contributed by atoms with Gasteiger partial charge in [-0.25, -0.2) is 9.59 Å². The molecular formula is C15H14N2O5. The monoisotopic (exact) mass is 302 g/mol. The van der Waals surface area contributed by atoms with E-state index in [-0.39, 0.29) is 12.1 Å². The molecule has 0 spiro atoms. The van der Waals surface area contributed by atoms with E-state index >= 15 is 0 Å². The van der Waals surface area contributed by atoms with Crippen molar-refractivity contribution in [2.75, 3.05) is 0 Å². The summed E-state index contributed by atoms with van der Waals surface area (Å²) in [6.07, 6.45) is 1.65. The Kier molecular flexibility index (Phi) is 4.36. The van der Waals surface area contributed by atoms with Gasteiger partial charge in [-0.1, -0.05) is 13.0 Å². The Labute approximate surface area is 125 Å². The highest BCUT2D eigenvalue weighted by Gasteiger charge is 2.25. The summed E-state index contributed by atoms with van der Waals surface area (Å²) in [6, 6.07) is 6.42. The smallest absolute Gasteiger partial charge is 0.341 e. The van der Waals surface area contributed by atoms with Crippen LogP contribution in [0.1, 0.15) is 29.7 Å². The molecule has 2 aromatic heterocycles. The molecule has 2 rings (SSSR count). The molecule has 1 atom stereocenters. The van der Waals surface area contributed by atoms with Crippen molar-refractivity contribution in [2.24, 2.45) is 0 Å². The second-order valence-electron chi connectivity index (χ2n) is 4.59. The molecular weight excluding hydrogens is 288 g/mol. The lowest BCUT2D eigenvalue weighted by Gasteiger charge is -2.19. The molecule has 114 valence electrons. The molecule has 0 aliphatic carbocycles. The van der Waals surface area contributed by atoms with E-state index in [9.17, 15) is 19.5 Å². The summed E-state index contributed by atoms with van der Waals surface area (Å²) in [5.41, 5.74) is -0.662. The average Bonchev–Trinajstić information content (AvgIpc) is 2.49. The number of aromatic carboxylic acids is 1. The third-order valence-electron chi connectivity index (χ3n) is 3.26. The van der Waals surface area contributed by atoms with Crippen molar-refractivity contribution in [3.8, 4) is 11.4 Å². The standard InChI is InChI=1S/C15H14N2O5/c1-2-11(15(21)22)17-12(10-5-3-4-8-16-10)7-6-9(13(17)18)14(19)20/h3-8,11H,2H2,1H3,(H,19,20)(H,21,22). The lowest BCUT2D eigenvalue weighted by molar-refractivity contribution is -0.141. The normalized spacial score (nSPS) is 11.9. The first-order valence-electron chi connectivity index (χ1n) is 6.60. The van der Waals surface area contributed by atoms with Gasteiger partial charge in [0, 0.05) is 6.20 Å². The van der Waals surface area contributed by atoms with Crippen molar-refractivity contribution in [1.82, 2.24) is 9.55 Å². The minimum absolute atomic E-state index is 0.137. The van der Waals surface area contributed by atoms with Gasteiger partial charge >= 0.3 is 11.9 Å². The Morgan fingerprint density at radius 2 is 1.95 bits per heavy atom. The number of aromatic nitrogens is 2. The van der Waals surface area contributed by atoms with Crippen LogP contribution in [0.25, 0.3) is 11.4 Å². The van der Waals surface area contributed by atoms with E-state index < -0.39 is 29.1 Å². The van der Waals surface area contributed by atoms with Crippen molar-refractivity contribution in [3.63, 3.8) is 0 Å². The molecule has 0 aromatic carbocycles. The molecule has 7 nitrogen and oxygen atoms in total. The fourth-order valence-electron chi connectivity index (χ4n) is 2.22. The summed E-state index contributed by atoms with van der Waals surface area (Å²) < 4.78 is 0.980. The van der Waals surface area contributed by atoms with Crippen molar-refractivity contribution >= 4 is 11.9 Å². The van der Waals surface area contributed by atoms with Crippen LogP contribution in [0.5, 0.6) is 0 Å². The van der Waals surface area contributed by atoms with E-state index in [4.69, 9.17) is 5.11 Å². The van der Waals surface area contributed by atoms with Gasteiger partial charge in [-0.3, -0.25) is 14.3 Å². The van der Waals surface area contributed by atoms with Gasteiger partial charge in [0.25, 0.3) is 5.56 Å². The van der Waals surface area contributed by atoms with Crippen LogP contribution < -0.4 is 5.56 Å². The molecule has 0 saturated carbocycles. The Morgan fingerprint density at radius 3 is 2.45 bits per heavy atom. The Balaban J connectivity index is 2.80. The largest absolute Gasteiger partial charge is 0.480 e. The Bertz CT molecular complexity index is 767. The van der Waals surface area contributed by atoms with Gasteiger partial charge in [0.15, 0.2) is 0 Å². The molecule has 2 N–H and O–H groups in total. The second-order valence-corrected chi connectivity index (χ2v) is 4.59. The summed E-state index contributed by atoms with van der Waals surface area (Å²) >= 11 is 0. The molecule has 0 aliphatic heterocycles. The lowest BCUT2D eigenvalue weighted by atomic mass is 10.1. The SMILES string of the molecule is CCC(C(=O)O)n1c(-c2ccccn2)ccc(C(=O)O)c1=O. The molecule has 7 heteroatoms. The van der Waals surface area contributed by atoms with Crippen LogP contribution in [0.2, 0.25) is 0 Å². The number of carbonyl (C=O) groups is 2. The van der Waals surface area contributed by atoms with Crippen LogP contribution in [0.4, 0.5) is 0 Å². The highest BCUT2D eigenvalue weighted by molar-refractivity contribution is 5.87. The molecule has 0 aliphatic rings. The fourth-order valence-corrected chi connectivity index (χ4v) is 2.22. The topological polar surface area (TPSA) is 109 Å². The molecule has 22 heavy (non-hydrogen) atoms. The number of hydrogen-bond donors (Lipinski definition) is 2. The molecule has 2 heterocycles. The number of hydrogen-bond acceptors (Lipinski definition) is 4. The van der Waals surface area contributed by atoms with Gasteiger partial charge in [0.05, 0.1) is 11.4 Å². The van der Waals surface area contributed by atoms with Crippen LogP contribution in [-0.4, -0.2) is 31.7 Å². The predicted molar refractivity (Wildman–Crippen MR) is 77.9 cm³/mol. The highest BCUT2D eigenvalue weighted by Crippen LogP contribution is 2.21. The van der Waals surface area contributed by atoms with Gasteiger partial charge in [0.2, 0.25) is 0 Å². The second kappa shape index (κ2) is 6.21. The molecule has 1 unspecified atom stereocenters. The number of carboxylic acids is 2. The summed E-state index contributed by atoms with van der Waals surface area (Å²) in [6.45, 7) is 1.61. The van der Waals surface area contributed by atoms with Crippen molar-refractivity contribution in [1.29, 1.82) is 0 Å². The third-order valence-corrected chi connectivity index (χ3v) is 3.26. The van der Waals surface area contributed by atoms with Crippen LogP contribution in [-0.2, 0) is 4.79 Å². The number of carboxylic acid groups (broad SMARTS) is 2. The quantitative estimate of drug-likeness (QED) is 0.869. The van der Waals surface area contributed by atoms with E-state index in [1.54, 1.807) is 25.1 Å². The Morgan fingerprint density at radius 1 is 1.23 bits per heavy atom. The summed E-state index contributed by atoms with van der Waals surface area (Å²) in [5, 5.41) is 18.4. The first-order valence-corrected chi connectivity index (χ1v) is 6.60. The molecule has 0 radical (unpaired) electrons. The maximum absolute atomic E-state index is 12.4. The zero-order chi connectivity index (χ0) is 16.3. The number of pyridine rings is 2. The van der Waals surface area contributed by atoms with Crippen molar-refractivity contribution in [3.05, 3.63) is 52.4 Å². The summed E-state index contributed by atoms with van der Waals surface area (Å²) in [4.78, 5) is 39.0. The number of aliphatic carboxylic acids is 1. The van der Waals surface area contributed by atoms with Crippen LogP contribution in [0.3, 0.4) is 0 Å². The maximum atomic E-state index is 12.4. The van der Waals surface area contributed by atoms with Gasteiger partial charge in [-0.2, -0.15) is 0 Å². The maximum Gasteiger partial charge on any atom is 0.341 e. The van der Waals surface area contributed by atoms with Gasteiger partial charge < -0.3 is 10.2 Å². The number of nitrogens with zero attached hydrogens (tertiary/aromatic N) is 2. The minimum Gasteiger partial charge on any atom is -0.480 e. The molecule has 2 aromatic rings. The molecule has 0 saturated heterocycles. The first kappa shape index (κ1) is 15.4. The molecule has 0 amide bonds. The van der Waals surface area contributed by atoms with Crippen LogP contribution in [0, 0.1) is 0 Å². The minimum atomic E-state index is -1.40. The van der Waals surface area contributed by atoms with Gasteiger partial charge in [-0.05, 0) is 30.7 Å². The summed E-state index contributed by atoms with van der Waals surface area (Å²) in [7, 11) is 0. The number of rotatable bonds is 5. The van der Waals surface area contributed by atoms with E-state index in [2.05, 4.69) is 4.98 Å². The zero-order valence-electron chi connectivity index (χ0n) is 11.8. The van der Waals surface area contributed by atoms with E-state index in [1.165, 1.54) is 18.3 Å². The van der Waals surface area contributed by atoms with E-state index in [0.717, 1.165) is 4.57 Å². The first-order chi connectivity index (χ1) is 10.5. The van der Waals surface area contributed by atoms with Crippen LogP contribution >= 0.6 is 0 Å². The van der Waals surface area contributed by atoms with Crippen molar-refractivity contribution in [2.45, 2.75) is 19.4 Å². The van der Waals surface area contributed by atoms with Crippen LogP contribution in [0.15, 0.2) is 41.3 Å². The lowest BCUT2D eigenvalue weighted by Crippen LogP contribution is -2.34. The van der Waals surface area contributed by atoms with E-state index in [1.807, 2.05) is 0 Å². The average molecular weight is 302 g/mol.